The van der Waals surface area contributed by atoms with Crippen LogP contribution in [0.25, 0.3) is 0 Å². The molecule has 3 nitrogen and oxygen atoms in total. The van der Waals surface area contributed by atoms with Crippen LogP contribution < -0.4 is 0 Å². The van der Waals surface area contributed by atoms with Crippen LogP contribution in [0, 0.1) is 0 Å². The summed E-state index contributed by atoms with van der Waals surface area (Å²) in [6.07, 6.45) is -0.0660. The first-order valence-electron chi connectivity index (χ1n) is 4.29. The first-order chi connectivity index (χ1) is 5.60. The van der Waals surface area contributed by atoms with E-state index < -0.39 is 14.5 Å². The fourth-order valence-electron chi connectivity index (χ4n) is 0.886. The average molecular weight is 186 g/mol. The molecule has 0 aliphatic carbocycles. The first kappa shape index (κ1) is 11.7. The molecule has 0 aromatic carbocycles. The summed E-state index contributed by atoms with van der Waals surface area (Å²) in [4.78, 5) is 21.5. The molecule has 0 N–H and O–H groups in total. The van der Waals surface area contributed by atoms with Gasteiger partial charge in [0, 0.05) is 0 Å². The fraction of sp³-hybridized carbons (Fsp3) is 0.750. The van der Waals surface area contributed by atoms with Gasteiger partial charge < -0.3 is 3.79 Å². The van der Waals surface area contributed by atoms with Gasteiger partial charge in [-0.15, -0.1) is 0 Å². The van der Waals surface area contributed by atoms with E-state index in [1.165, 1.54) is 6.92 Å². The van der Waals surface area contributed by atoms with Gasteiger partial charge in [-0.05, 0) is 6.92 Å². The molecule has 12 heavy (non-hydrogen) atoms. The summed E-state index contributed by atoms with van der Waals surface area (Å²) in [6.45, 7) is 5.43. The van der Waals surface area contributed by atoms with E-state index in [4.69, 9.17) is 3.79 Å². The van der Waals surface area contributed by atoms with Gasteiger partial charge in [0.2, 0.25) is 0 Å². The molecule has 0 aliphatic rings. The van der Waals surface area contributed by atoms with Gasteiger partial charge in [0.15, 0.2) is 0 Å². The maximum atomic E-state index is 11.0. The van der Waals surface area contributed by atoms with Crippen molar-refractivity contribution in [2.75, 3.05) is 0 Å². The van der Waals surface area contributed by atoms with Crippen molar-refractivity contribution in [3.05, 3.63) is 0 Å². The Morgan fingerprint density at radius 2 is 1.75 bits per heavy atom. The third-order valence-electron chi connectivity index (χ3n) is 1.60. The molecule has 0 saturated heterocycles. The number of rotatable bonds is 5. The van der Waals surface area contributed by atoms with Crippen LogP contribution in [0.15, 0.2) is 0 Å². The molecule has 0 heterocycles. The van der Waals surface area contributed by atoms with E-state index in [0.717, 1.165) is 10.6 Å². The van der Waals surface area contributed by atoms with Gasteiger partial charge in [-0.1, -0.05) is 24.4 Å². The monoisotopic (exact) mass is 186 g/mol. The lowest BCUT2D eigenvalue weighted by atomic mass is 10.3. The highest BCUT2D eigenvalue weighted by molar-refractivity contribution is 6.53. The molecule has 4 heteroatoms. The van der Waals surface area contributed by atoms with E-state index in [-0.39, 0.29) is 18.2 Å². The van der Waals surface area contributed by atoms with Crippen LogP contribution in [-0.2, 0) is 13.4 Å². The Bertz CT molecular complexity index is 164. The largest absolute Gasteiger partial charge is 0.616 e. The van der Waals surface area contributed by atoms with E-state index >= 15 is 0 Å². The molecule has 0 aromatic heterocycles. The predicted octanol–water partition coefficient (Wildman–Crippen LogP) is 1.54. The topological polar surface area (TPSA) is 43.4 Å². The van der Waals surface area contributed by atoms with E-state index in [1.54, 1.807) is 0 Å². The van der Waals surface area contributed by atoms with Gasteiger partial charge in [0.1, 0.15) is 12.2 Å². The molecule has 0 bridgehead atoms. The minimum atomic E-state index is -1.31. The van der Waals surface area contributed by atoms with Gasteiger partial charge in [-0.3, -0.25) is 9.59 Å². The summed E-state index contributed by atoms with van der Waals surface area (Å²) in [5, 5.41) is 1.89. The third-order valence-corrected chi connectivity index (χ3v) is 4.02. The summed E-state index contributed by atoms with van der Waals surface area (Å²) in [7, 11) is 0. The van der Waals surface area contributed by atoms with Crippen molar-refractivity contribution in [3.8, 4) is 0 Å². The lowest BCUT2D eigenvalue weighted by Gasteiger charge is -2.08. The van der Waals surface area contributed by atoms with E-state index in [1.807, 2.05) is 13.8 Å². The molecule has 0 saturated carbocycles. The van der Waals surface area contributed by atoms with Crippen LogP contribution in [0.4, 0.5) is 0 Å². The second-order valence-corrected chi connectivity index (χ2v) is 5.92. The summed E-state index contributed by atoms with van der Waals surface area (Å²) >= 11 is -1.31. The van der Waals surface area contributed by atoms with Crippen LogP contribution >= 0.6 is 0 Å². The zero-order valence-corrected chi connectivity index (χ0v) is 9.08. The van der Waals surface area contributed by atoms with Gasteiger partial charge in [-0.2, -0.15) is 0 Å². The lowest BCUT2D eigenvalue weighted by Crippen LogP contribution is -2.21. The number of hydrogen-bond acceptors (Lipinski definition) is 3. The quantitative estimate of drug-likeness (QED) is 0.483. The molecule has 0 spiro atoms. The number of carbonyl (C=O) groups excluding carboxylic acids is 2. The second kappa shape index (κ2) is 6.22. The van der Waals surface area contributed by atoms with Crippen LogP contribution in [-0.4, -0.2) is 26.2 Å². The van der Waals surface area contributed by atoms with Crippen LogP contribution in [0.3, 0.4) is 0 Å². The normalized spacial score (nSPS) is 9.25. The number of Topliss-reactive ketones (excluding diaryl/α,β-unsaturated/α-hetero) is 1. The maximum Gasteiger partial charge on any atom is 0.548 e. The SMILES string of the molecule is C[CH2][Al]([CH2]C)[O]C(=O)CC(C)=O. The maximum absolute atomic E-state index is 11.0. The standard InChI is InChI=1S/C4H6O3.2C2H5.Al/c1-3(5)2-4(6)7;2*1-2;/h2H2,1H3,(H,6,7);2*1H2,2H3;/q;;;+1/p-1. The Morgan fingerprint density at radius 1 is 1.25 bits per heavy atom. The number of ketones is 1. The van der Waals surface area contributed by atoms with E-state index in [0.29, 0.717) is 0 Å². The van der Waals surface area contributed by atoms with Crippen molar-refractivity contribution in [1.82, 2.24) is 0 Å². The highest BCUT2D eigenvalue weighted by Crippen LogP contribution is 2.01. The summed E-state index contributed by atoms with van der Waals surface area (Å²) < 4.78 is 5.14. The molecule has 0 fully saturated rings. The predicted molar refractivity (Wildman–Crippen MR) is 48.1 cm³/mol. The van der Waals surface area contributed by atoms with Gasteiger partial charge in [0.05, 0.1) is 0 Å². The molecule has 0 radical (unpaired) electrons. The smallest absolute Gasteiger partial charge is 0.548 e. The minimum absolute atomic E-state index is 0.0660. The Labute approximate surface area is 77.8 Å². The van der Waals surface area contributed by atoms with Gasteiger partial charge >= 0.3 is 14.5 Å². The molecule has 0 atom stereocenters. The van der Waals surface area contributed by atoms with Crippen LogP contribution in [0.2, 0.25) is 10.6 Å². The highest BCUT2D eigenvalue weighted by atomic mass is 27.2. The molecule has 68 valence electrons. The minimum Gasteiger partial charge on any atom is -0.616 e. The fourth-order valence-corrected chi connectivity index (χ4v) is 2.25. The Kier molecular flexibility index (Phi) is 6.05. The average Bonchev–Trinajstić information content (AvgIpc) is 1.98. The summed E-state index contributed by atoms with van der Waals surface area (Å²) in [6, 6.07) is 0. The van der Waals surface area contributed by atoms with Crippen molar-refractivity contribution >= 4 is 26.2 Å². The Balaban J connectivity index is 3.74. The van der Waals surface area contributed by atoms with Crippen molar-refractivity contribution in [3.63, 3.8) is 0 Å². The Morgan fingerprint density at radius 3 is 2.08 bits per heavy atom. The number of carbonyl (C=O) groups is 2. The molecule has 0 amide bonds. The zero-order chi connectivity index (χ0) is 9.56. The highest BCUT2D eigenvalue weighted by Gasteiger charge is 2.20. The zero-order valence-electron chi connectivity index (χ0n) is 7.92. The Hall–Kier alpha value is -0.328. The molecule has 0 rings (SSSR count). The van der Waals surface area contributed by atoms with Crippen molar-refractivity contribution in [2.45, 2.75) is 37.8 Å². The van der Waals surface area contributed by atoms with Crippen LogP contribution in [0.1, 0.15) is 27.2 Å². The second-order valence-electron chi connectivity index (χ2n) is 2.81. The van der Waals surface area contributed by atoms with Crippen LogP contribution in [0.5, 0.6) is 0 Å². The van der Waals surface area contributed by atoms with Gasteiger partial charge in [-0.25, -0.2) is 0 Å². The van der Waals surface area contributed by atoms with Crippen molar-refractivity contribution in [1.29, 1.82) is 0 Å². The molecule has 0 unspecified atom stereocenters. The van der Waals surface area contributed by atoms with Gasteiger partial charge in [0.25, 0.3) is 5.97 Å². The van der Waals surface area contributed by atoms with E-state index in [9.17, 15) is 9.59 Å². The first-order valence-corrected chi connectivity index (χ1v) is 6.39. The summed E-state index contributed by atoms with van der Waals surface area (Å²) in [5.41, 5.74) is 0. The molecule has 0 aromatic rings. The van der Waals surface area contributed by atoms with E-state index in [2.05, 4.69) is 0 Å². The third kappa shape index (κ3) is 5.34. The van der Waals surface area contributed by atoms with Crippen molar-refractivity contribution < 1.29 is 13.4 Å². The number of hydrogen-bond donors (Lipinski definition) is 0. The molecule has 0 aliphatic heterocycles. The van der Waals surface area contributed by atoms with Crippen molar-refractivity contribution in [2.24, 2.45) is 0 Å². The molecular weight excluding hydrogens is 171 g/mol. The lowest BCUT2D eigenvalue weighted by molar-refractivity contribution is -0.137. The molecular formula is C8H15AlO3. The summed E-state index contributed by atoms with van der Waals surface area (Å²) in [5.74, 6) is -0.470.